The molecule has 3 heteroatoms. The number of ketones is 1. The molecule has 0 aliphatic heterocycles. The van der Waals surface area contributed by atoms with Crippen LogP contribution in [0.1, 0.15) is 22.5 Å². The van der Waals surface area contributed by atoms with Crippen LogP contribution in [0.3, 0.4) is 0 Å². The summed E-state index contributed by atoms with van der Waals surface area (Å²) in [5.41, 5.74) is 7.98. The van der Waals surface area contributed by atoms with Gasteiger partial charge in [0.05, 0.1) is 5.52 Å². The number of aromatic nitrogens is 1. The van der Waals surface area contributed by atoms with Gasteiger partial charge in [-0.05, 0) is 37.7 Å². The van der Waals surface area contributed by atoms with Gasteiger partial charge in [-0.2, -0.15) is 0 Å². The molecular formula is C13H14N2O. The van der Waals surface area contributed by atoms with Gasteiger partial charge in [-0.3, -0.25) is 9.78 Å². The van der Waals surface area contributed by atoms with Crippen LogP contribution in [-0.2, 0) is 0 Å². The van der Waals surface area contributed by atoms with E-state index in [-0.39, 0.29) is 5.78 Å². The van der Waals surface area contributed by atoms with Gasteiger partial charge in [-0.25, -0.2) is 0 Å². The van der Waals surface area contributed by atoms with Crippen molar-refractivity contribution in [2.24, 2.45) is 5.73 Å². The lowest BCUT2D eigenvalue weighted by molar-refractivity contribution is 0.0985. The Labute approximate surface area is 94.3 Å². The molecule has 2 N–H and O–H groups in total. The number of carbonyl (C=O) groups is 1. The second-order valence-electron chi connectivity index (χ2n) is 3.82. The van der Waals surface area contributed by atoms with Crippen LogP contribution in [0.15, 0.2) is 30.3 Å². The van der Waals surface area contributed by atoms with Crippen LogP contribution in [0.25, 0.3) is 10.9 Å². The molecule has 2 rings (SSSR count). The highest BCUT2D eigenvalue weighted by Gasteiger charge is 2.05. The highest BCUT2D eigenvalue weighted by Crippen LogP contribution is 2.15. The molecule has 3 nitrogen and oxygen atoms in total. The molecule has 16 heavy (non-hydrogen) atoms. The van der Waals surface area contributed by atoms with E-state index in [1.807, 2.05) is 37.3 Å². The first-order valence-corrected chi connectivity index (χ1v) is 5.31. The second-order valence-corrected chi connectivity index (χ2v) is 3.82. The third kappa shape index (κ3) is 2.09. The fourth-order valence-corrected chi connectivity index (χ4v) is 1.68. The van der Waals surface area contributed by atoms with Crippen LogP contribution in [-0.4, -0.2) is 17.3 Å². The zero-order chi connectivity index (χ0) is 11.5. The maximum atomic E-state index is 11.7. The fourth-order valence-electron chi connectivity index (χ4n) is 1.68. The maximum Gasteiger partial charge on any atom is 0.164 e. The first-order valence-electron chi connectivity index (χ1n) is 5.31. The van der Waals surface area contributed by atoms with Crippen molar-refractivity contribution in [3.05, 3.63) is 41.6 Å². The molecule has 0 radical (unpaired) electrons. The number of hydrogen-bond donors (Lipinski definition) is 1. The van der Waals surface area contributed by atoms with E-state index < -0.39 is 0 Å². The highest BCUT2D eigenvalue weighted by molar-refractivity contribution is 5.99. The van der Waals surface area contributed by atoms with Gasteiger partial charge in [0.15, 0.2) is 5.78 Å². The first-order chi connectivity index (χ1) is 7.70. The Kier molecular flexibility index (Phi) is 2.97. The Morgan fingerprint density at radius 2 is 2.12 bits per heavy atom. The van der Waals surface area contributed by atoms with E-state index in [4.69, 9.17) is 5.73 Å². The molecule has 0 amide bonds. The number of rotatable bonds is 3. The van der Waals surface area contributed by atoms with Crippen LogP contribution >= 0.6 is 0 Å². The Balaban J connectivity index is 2.44. The zero-order valence-electron chi connectivity index (χ0n) is 9.23. The fraction of sp³-hybridized carbons (Fsp3) is 0.231. The summed E-state index contributed by atoms with van der Waals surface area (Å²) in [5.74, 6) is 0.0879. The number of hydrogen-bond acceptors (Lipinski definition) is 3. The summed E-state index contributed by atoms with van der Waals surface area (Å²) in [4.78, 5) is 16.0. The molecule has 82 valence electrons. The summed E-state index contributed by atoms with van der Waals surface area (Å²) in [6, 6.07) is 9.50. The highest BCUT2D eigenvalue weighted by atomic mass is 16.1. The standard InChI is InChI=1S/C13H14N2O/c1-9-2-3-10-8-11(13(16)6-7-14)4-5-12(10)15-9/h2-5,8H,6-7,14H2,1H3. The Morgan fingerprint density at radius 1 is 1.31 bits per heavy atom. The van der Waals surface area contributed by atoms with Crippen LogP contribution in [0.4, 0.5) is 0 Å². The number of benzene rings is 1. The number of nitrogens with two attached hydrogens (primary N) is 1. The first kappa shape index (κ1) is 10.8. The lowest BCUT2D eigenvalue weighted by atomic mass is 10.1. The molecule has 1 aromatic heterocycles. The maximum absolute atomic E-state index is 11.7. The molecule has 0 aliphatic rings. The Hall–Kier alpha value is -1.74. The zero-order valence-corrected chi connectivity index (χ0v) is 9.23. The molecule has 0 fully saturated rings. The monoisotopic (exact) mass is 214 g/mol. The van der Waals surface area contributed by atoms with E-state index >= 15 is 0 Å². The summed E-state index contributed by atoms with van der Waals surface area (Å²) in [7, 11) is 0. The molecule has 1 aromatic carbocycles. The quantitative estimate of drug-likeness (QED) is 0.796. The lowest BCUT2D eigenvalue weighted by Crippen LogP contribution is -2.07. The smallest absolute Gasteiger partial charge is 0.164 e. The van der Waals surface area contributed by atoms with Gasteiger partial charge < -0.3 is 5.73 Å². The van der Waals surface area contributed by atoms with Crippen LogP contribution < -0.4 is 5.73 Å². The largest absolute Gasteiger partial charge is 0.330 e. The molecule has 1 heterocycles. The van der Waals surface area contributed by atoms with Crippen molar-refractivity contribution in [3.63, 3.8) is 0 Å². The van der Waals surface area contributed by atoms with Gasteiger partial charge in [-0.1, -0.05) is 6.07 Å². The average Bonchev–Trinajstić information content (AvgIpc) is 2.28. The molecule has 0 aliphatic carbocycles. The van der Waals surface area contributed by atoms with E-state index in [1.54, 1.807) is 0 Å². The van der Waals surface area contributed by atoms with E-state index in [0.717, 1.165) is 16.6 Å². The normalized spacial score (nSPS) is 10.6. The predicted molar refractivity (Wildman–Crippen MR) is 64.5 cm³/mol. The van der Waals surface area contributed by atoms with Crippen molar-refractivity contribution < 1.29 is 4.79 Å². The van der Waals surface area contributed by atoms with E-state index in [0.29, 0.717) is 18.5 Å². The van der Waals surface area contributed by atoms with Gasteiger partial charge in [-0.15, -0.1) is 0 Å². The van der Waals surface area contributed by atoms with Gasteiger partial charge in [0.25, 0.3) is 0 Å². The topological polar surface area (TPSA) is 56.0 Å². The summed E-state index contributed by atoms with van der Waals surface area (Å²) in [5, 5.41) is 0.994. The number of aryl methyl sites for hydroxylation is 1. The summed E-state index contributed by atoms with van der Waals surface area (Å²) < 4.78 is 0. The van der Waals surface area contributed by atoms with Crippen molar-refractivity contribution in [1.29, 1.82) is 0 Å². The number of pyridine rings is 1. The SMILES string of the molecule is Cc1ccc2cc(C(=O)CCN)ccc2n1. The molecule has 0 spiro atoms. The minimum absolute atomic E-state index is 0.0879. The van der Waals surface area contributed by atoms with E-state index in [2.05, 4.69) is 4.98 Å². The third-order valence-electron chi connectivity index (χ3n) is 2.52. The predicted octanol–water partition coefficient (Wildman–Crippen LogP) is 2.07. The molecule has 2 aromatic rings. The molecule has 0 bridgehead atoms. The third-order valence-corrected chi connectivity index (χ3v) is 2.52. The van der Waals surface area contributed by atoms with E-state index in [1.165, 1.54) is 0 Å². The average molecular weight is 214 g/mol. The Bertz CT molecular complexity index is 534. The second kappa shape index (κ2) is 4.41. The van der Waals surface area contributed by atoms with Crippen LogP contribution in [0.5, 0.6) is 0 Å². The van der Waals surface area contributed by atoms with Crippen molar-refractivity contribution in [1.82, 2.24) is 4.98 Å². The lowest BCUT2D eigenvalue weighted by Gasteiger charge is -2.02. The van der Waals surface area contributed by atoms with Crippen LogP contribution in [0.2, 0.25) is 0 Å². The summed E-state index contributed by atoms with van der Waals surface area (Å²) in [6.45, 7) is 2.34. The van der Waals surface area contributed by atoms with E-state index in [9.17, 15) is 4.79 Å². The van der Waals surface area contributed by atoms with Crippen molar-refractivity contribution >= 4 is 16.7 Å². The number of nitrogens with zero attached hydrogens (tertiary/aromatic N) is 1. The van der Waals surface area contributed by atoms with Crippen molar-refractivity contribution in [2.75, 3.05) is 6.54 Å². The van der Waals surface area contributed by atoms with Gasteiger partial charge in [0, 0.05) is 23.1 Å². The molecular weight excluding hydrogens is 200 g/mol. The number of fused-ring (bicyclic) bond motifs is 1. The minimum atomic E-state index is 0.0879. The van der Waals surface area contributed by atoms with Crippen molar-refractivity contribution in [2.45, 2.75) is 13.3 Å². The Morgan fingerprint density at radius 3 is 2.88 bits per heavy atom. The minimum Gasteiger partial charge on any atom is -0.330 e. The van der Waals surface area contributed by atoms with Gasteiger partial charge in [0.2, 0.25) is 0 Å². The molecule has 0 saturated heterocycles. The molecule has 0 atom stereocenters. The molecule has 0 saturated carbocycles. The summed E-state index contributed by atoms with van der Waals surface area (Å²) in [6.07, 6.45) is 0.394. The summed E-state index contributed by atoms with van der Waals surface area (Å²) >= 11 is 0. The van der Waals surface area contributed by atoms with Crippen molar-refractivity contribution in [3.8, 4) is 0 Å². The van der Waals surface area contributed by atoms with Crippen LogP contribution in [0, 0.1) is 6.92 Å². The number of carbonyl (C=O) groups excluding carboxylic acids is 1. The number of Topliss-reactive ketones (excluding diaryl/α,β-unsaturated/α-hetero) is 1. The van der Waals surface area contributed by atoms with Gasteiger partial charge in [0.1, 0.15) is 0 Å². The molecule has 0 unspecified atom stereocenters. The van der Waals surface area contributed by atoms with Gasteiger partial charge >= 0.3 is 0 Å².